The first-order chi connectivity index (χ1) is 9.43. The number of likely N-dealkylation sites (N-methyl/N-ethyl adjacent to an activating group) is 1. The van der Waals surface area contributed by atoms with Crippen molar-refractivity contribution in [2.75, 3.05) is 13.6 Å². The molecule has 1 aromatic rings. The lowest BCUT2D eigenvalue weighted by Gasteiger charge is -2.41. The fourth-order valence-corrected chi connectivity index (χ4v) is 3.27. The molecule has 0 heterocycles. The lowest BCUT2D eigenvalue weighted by atomic mass is 9.75. The van der Waals surface area contributed by atoms with Crippen molar-refractivity contribution in [3.05, 3.63) is 35.6 Å². The number of rotatable bonds is 4. The maximum Gasteiger partial charge on any atom is 0.123 e. The maximum absolute atomic E-state index is 13.1. The van der Waals surface area contributed by atoms with Gasteiger partial charge in [0.2, 0.25) is 0 Å². The van der Waals surface area contributed by atoms with E-state index >= 15 is 0 Å². The molecule has 1 aliphatic carbocycles. The van der Waals surface area contributed by atoms with E-state index < -0.39 is 0 Å². The Bertz CT molecular complexity index is 417. The summed E-state index contributed by atoms with van der Waals surface area (Å²) in [5.41, 5.74) is 7.56. The van der Waals surface area contributed by atoms with Crippen LogP contribution < -0.4 is 5.73 Å². The Morgan fingerprint density at radius 3 is 2.30 bits per heavy atom. The van der Waals surface area contributed by atoms with Gasteiger partial charge in [-0.1, -0.05) is 26.0 Å². The van der Waals surface area contributed by atoms with Crippen LogP contribution in [0, 0.1) is 11.2 Å². The second kappa shape index (κ2) is 6.23. The molecular weight excluding hydrogens is 251 g/mol. The van der Waals surface area contributed by atoms with Crippen molar-refractivity contribution in [2.45, 2.75) is 51.6 Å². The number of halogens is 1. The highest BCUT2D eigenvalue weighted by Gasteiger charge is 2.31. The number of nitrogens with two attached hydrogens (primary N) is 1. The summed E-state index contributed by atoms with van der Waals surface area (Å²) >= 11 is 0. The molecule has 1 fully saturated rings. The maximum atomic E-state index is 13.1. The number of nitrogens with zero attached hydrogens (tertiary/aromatic N) is 1. The van der Waals surface area contributed by atoms with Gasteiger partial charge < -0.3 is 5.73 Å². The first kappa shape index (κ1) is 15.5. The van der Waals surface area contributed by atoms with E-state index in [-0.39, 0.29) is 11.9 Å². The van der Waals surface area contributed by atoms with E-state index in [0.29, 0.717) is 18.0 Å². The zero-order chi connectivity index (χ0) is 14.8. The molecule has 1 aliphatic rings. The van der Waals surface area contributed by atoms with E-state index in [9.17, 15) is 4.39 Å². The van der Waals surface area contributed by atoms with Gasteiger partial charge in [0.05, 0.1) is 0 Å². The van der Waals surface area contributed by atoms with Gasteiger partial charge in [-0.15, -0.1) is 0 Å². The molecule has 0 aliphatic heterocycles. The molecule has 112 valence electrons. The number of hydrogen-bond acceptors (Lipinski definition) is 2. The lowest BCUT2D eigenvalue weighted by molar-refractivity contribution is 0.0966. The highest BCUT2D eigenvalue weighted by Crippen LogP contribution is 2.38. The predicted molar refractivity (Wildman–Crippen MR) is 82.0 cm³/mol. The van der Waals surface area contributed by atoms with Gasteiger partial charge in [0.1, 0.15) is 5.82 Å². The van der Waals surface area contributed by atoms with E-state index in [1.54, 1.807) is 0 Å². The summed E-state index contributed by atoms with van der Waals surface area (Å²) in [5, 5.41) is 0. The number of hydrogen-bond donors (Lipinski definition) is 1. The Balaban J connectivity index is 2.06. The van der Waals surface area contributed by atoms with Gasteiger partial charge in [-0.3, -0.25) is 4.90 Å². The van der Waals surface area contributed by atoms with Crippen molar-refractivity contribution in [1.29, 1.82) is 0 Å². The molecule has 0 saturated heterocycles. The quantitative estimate of drug-likeness (QED) is 0.909. The van der Waals surface area contributed by atoms with Gasteiger partial charge in [0.25, 0.3) is 0 Å². The van der Waals surface area contributed by atoms with Crippen LogP contribution in [0.15, 0.2) is 24.3 Å². The molecule has 0 bridgehead atoms. The fraction of sp³-hybridized carbons (Fsp3) is 0.647. The van der Waals surface area contributed by atoms with Crippen molar-refractivity contribution in [2.24, 2.45) is 11.1 Å². The SMILES string of the molecule is CN(C1CCC(C)(C)CC1)C(CN)c1ccc(F)cc1. The van der Waals surface area contributed by atoms with E-state index in [0.717, 1.165) is 5.56 Å². The summed E-state index contributed by atoms with van der Waals surface area (Å²) in [6.07, 6.45) is 4.98. The monoisotopic (exact) mass is 278 g/mol. The lowest BCUT2D eigenvalue weighted by Crippen LogP contribution is -2.41. The minimum absolute atomic E-state index is 0.182. The minimum atomic E-state index is -0.188. The normalized spacial score (nSPS) is 21.1. The van der Waals surface area contributed by atoms with Crippen LogP contribution in [0.1, 0.15) is 51.1 Å². The Kier molecular flexibility index (Phi) is 4.82. The van der Waals surface area contributed by atoms with Crippen LogP contribution >= 0.6 is 0 Å². The van der Waals surface area contributed by atoms with Crippen molar-refractivity contribution in [1.82, 2.24) is 4.90 Å². The largest absolute Gasteiger partial charge is 0.329 e. The molecule has 1 saturated carbocycles. The summed E-state index contributed by atoms with van der Waals surface area (Å²) in [4.78, 5) is 2.39. The van der Waals surface area contributed by atoms with Gasteiger partial charge in [-0.2, -0.15) is 0 Å². The smallest absolute Gasteiger partial charge is 0.123 e. The second-order valence-corrected chi connectivity index (χ2v) is 6.86. The molecule has 0 spiro atoms. The third-order valence-corrected chi connectivity index (χ3v) is 4.85. The minimum Gasteiger partial charge on any atom is -0.329 e. The Morgan fingerprint density at radius 2 is 1.80 bits per heavy atom. The summed E-state index contributed by atoms with van der Waals surface area (Å²) in [6.45, 7) is 5.27. The Morgan fingerprint density at radius 1 is 1.25 bits per heavy atom. The molecule has 3 heteroatoms. The molecule has 2 N–H and O–H groups in total. The molecule has 0 radical (unpaired) electrons. The molecule has 0 amide bonds. The van der Waals surface area contributed by atoms with Crippen molar-refractivity contribution >= 4 is 0 Å². The van der Waals surface area contributed by atoms with Gasteiger partial charge in [-0.25, -0.2) is 4.39 Å². The van der Waals surface area contributed by atoms with E-state index in [2.05, 4.69) is 25.8 Å². The van der Waals surface area contributed by atoms with Crippen LogP contribution in [0.5, 0.6) is 0 Å². The average molecular weight is 278 g/mol. The predicted octanol–water partition coefficient (Wildman–Crippen LogP) is 3.73. The Hall–Kier alpha value is -0.930. The van der Waals surface area contributed by atoms with Crippen molar-refractivity contribution in [3.63, 3.8) is 0 Å². The standard InChI is InChI=1S/C17H27FN2/c1-17(2)10-8-15(9-11-17)20(3)16(12-19)13-4-6-14(18)7-5-13/h4-7,15-16H,8-12,19H2,1-3H3. The molecule has 2 nitrogen and oxygen atoms in total. The molecular formula is C17H27FN2. The van der Waals surface area contributed by atoms with Crippen molar-refractivity contribution in [3.8, 4) is 0 Å². The zero-order valence-corrected chi connectivity index (χ0v) is 12.9. The number of benzene rings is 1. The van der Waals surface area contributed by atoms with E-state index in [1.807, 2.05) is 12.1 Å². The van der Waals surface area contributed by atoms with E-state index in [4.69, 9.17) is 5.73 Å². The highest BCUT2D eigenvalue weighted by molar-refractivity contribution is 5.20. The second-order valence-electron chi connectivity index (χ2n) is 6.86. The summed E-state index contributed by atoms with van der Waals surface area (Å²) in [7, 11) is 2.16. The van der Waals surface area contributed by atoms with Crippen LogP contribution in [-0.4, -0.2) is 24.5 Å². The Labute approximate surface area is 122 Å². The molecule has 1 aromatic carbocycles. The molecule has 1 unspecified atom stereocenters. The third-order valence-electron chi connectivity index (χ3n) is 4.85. The van der Waals surface area contributed by atoms with Crippen LogP contribution in [0.3, 0.4) is 0 Å². The zero-order valence-electron chi connectivity index (χ0n) is 12.9. The van der Waals surface area contributed by atoms with E-state index in [1.165, 1.54) is 37.8 Å². The molecule has 20 heavy (non-hydrogen) atoms. The summed E-state index contributed by atoms with van der Waals surface area (Å²) < 4.78 is 13.1. The molecule has 0 aromatic heterocycles. The van der Waals surface area contributed by atoms with Crippen molar-refractivity contribution < 1.29 is 4.39 Å². The fourth-order valence-electron chi connectivity index (χ4n) is 3.27. The third kappa shape index (κ3) is 3.58. The average Bonchev–Trinajstić information content (AvgIpc) is 2.41. The highest BCUT2D eigenvalue weighted by atomic mass is 19.1. The first-order valence-corrected chi connectivity index (χ1v) is 7.60. The van der Waals surface area contributed by atoms with Gasteiger partial charge in [0.15, 0.2) is 0 Å². The topological polar surface area (TPSA) is 29.3 Å². The molecule has 1 atom stereocenters. The summed E-state index contributed by atoms with van der Waals surface area (Å²) in [5.74, 6) is -0.188. The van der Waals surface area contributed by atoms with Gasteiger partial charge in [-0.05, 0) is 55.8 Å². The van der Waals surface area contributed by atoms with Crippen LogP contribution in [-0.2, 0) is 0 Å². The van der Waals surface area contributed by atoms with Gasteiger partial charge >= 0.3 is 0 Å². The summed E-state index contributed by atoms with van der Waals surface area (Å²) in [6, 6.07) is 7.53. The van der Waals surface area contributed by atoms with Gasteiger partial charge in [0, 0.05) is 18.6 Å². The first-order valence-electron chi connectivity index (χ1n) is 7.60. The molecule has 2 rings (SSSR count). The van der Waals surface area contributed by atoms with Crippen LogP contribution in [0.2, 0.25) is 0 Å². The van der Waals surface area contributed by atoms with Crippen LogP contribution in [0.4, 0.5) is 4.39 Å². The van der Waals surface area contributed by atoms with Crippen LogP contribution in [0.25, 0.3) is 0 Å².